The third-order valence-corrected chi connectivity index (χ3v) is 3.32. The molecule has 2 rings (SSSR count). The maximum Gasteiger partial charge on any atom is 0.140 e. The van der Waals surface area contributed by atoms with Crippen LogP contribution in [-0.4, -0.2) is 9.97 Å². The second-order valence-electron chi connectivity index (χ2n) is 3.05. The predicted octanol–water partition coefficient (Wildman–Crippen LogP) is 3.22. The number of rotatable bonds is 3. The molecule has 0 aliphatic heterocycles. The van der Waals surface area contributed by atoms with E-state index < -0.39 is 0 Å². The average Bonchev–Trinajstić information content (AvgIpc) is 2.63. The zero-order chi connectivity index (χ0) is 10.7. The second-order valence-corrected chi connectivity index (χ2v) is 4.96. The van der Waals surface area contributed by atoms with Gasteiger partial charge in [-0.1, -0.05) is 0 Å². The van der Waals surface area contributed by atoms with Crippen LogP contribution in [0.4, 0.5) is 5.82 Å². The van der Waals surface area contributed by atoms with Crippen LogP contribution in [0.2, 0.25) is 0 Å². The molecule has 1 N–H and O–H groups in total. The number of hydrogen-bond donors (Lipinski definition) is 1. The van der Waals surface area contributed by atoms with E-state index in [0.29, 0.717) is 6.54 Å². The maximum absolute atomic E-state index is 4.37. The van der Waals surface area contributed by atoms with Crippen LogP contribution >= 0.6 is 27.3 Å². The van der Waals surface area contributed by atoms with Crippen LogP contribution in [0.5, 0.6) is 0 Å². The van der Waals surface area contributed by atoms with Gasteiger partial charge in [0, 0.05) is 11.6 Å². The van der Waals surface area contributed by atoms with Crippen molar-refractivity contribution in [1.29, 1.82) is 0 Å². The Kier molecular flexibility index (Phi) is 3.33. The number of aromatic nitrogens is 2. The fourth-order valence-corrected chi connectivity index (χ4v) is 2.19. The topological polar surface area (TPSA) is 37.8 Å². The molecule has 2 heterocycles. The third-order valence-electron chi connectivity index (χ3n) is 1.86. The summed E-state index contributed by atoms with van der Waals surface area (Å²) in [5.41, 5.74) is 1.05. The lowest BCUT2D eigenvalue weighted by Crippen LogP contribution is -2.02. The van der Waals surface area contributed by atoms with Gasteiger partial charge in [-0.15, -0.1) is 11.3 Å². The SMILES string of the molecule is Cc1nc(CNc2ncccc2Br)cs1. The highest BCUT2D eigenvalue weighted by Gasteiger charge is 2.01. The lowest BCUT2D eigenvalue weighted by Gasteiger charge is -2.04. The van der Waals surface area contributed by atoms with Crippen molar-refractivity contribution in [1.82, 2.24) is 9.97 Å². The minimum absolute atomic E-state index is 0.708. The number of halogens is 1. The quantitative estimate of drug-likeness (QED) is 0.940. The number of aryl methyl sites for hydroxylation is 1. The zero-order valence-corrected chi connectivity index (χ0v) is 10.6. The third kappa shape index (κ3) is 2.76. The molecule has 0 saturated carbocycles. The molecule has 0 saturated heterocycles. The Morgan fingerprint density at radius 1 is 1.53 bits per heavy atom. The van der Waals surface area contributed by atoms with E-state index in [0.717, 1.165) is 21.0 Å². The van der Waals surface area contributed by atoms with Crippen molar-refractivity contribution >= 4 is 33.1 Å². The first kappa shape index (κ1) is 10.6. The molecule has 0 unspecified atom stereocenters. The predicted molar refractivity (Wildman–Crippen MR) is 66.1 cm³/mol. The maximum atomic E-state index is 4.37. The number of nitrogens with one attached hydrogen (secondary N) is 1. The first-order chi connectivity index (χ1) is 7.25. The molecule has 0 bridgehead atoms. The molecule has 3 nitrogen and oxygen atoms in total. The van der Waals surface area contributed by atoms with Gasteiger partial charge in [0.2, 0.25) is 0 Å². The molecule has 0 aliphatic carbocycles. The number of thiazole rings is 1. The van der Waals surface area contributed by atoms with Gasteiger partial charge in [0.05, 0.1) is 21.7 Å². The van der Waals surface area contributed by atoms with Gasteiger partial charge < -0.3 is 5.32 Å². The van der Waals surface area contributed by atoms with E-state index in [1.807, 2.05) is 19.1 Å². The van der Waals surface area contributed by atoms with Gasteiger partial charge >= 0.3 is 0 Å². The molecule has 0 spiro atoms. The highest BCUT2D eigenvalue weighted by atomic mass is 79.9. The van der Waals surface area contributed by atoms with Gasteiger partial charge in [-0.2, -0.15) is 0 Å². The van der Waals surface area contributed by atoms with Crippen molar-refractivity contribution in [3.05, 3.63) is 38.9 Å². The molecule has 78 valence electrons. The molecular formula is C10H10BrN3S. The summed E-state index contributed by atoms with van der Waals surface area (Å²) < 4.78 is 0.969. The van der Waals surface area contributed by atoms with Crippen LogP contribution in [0.3, 0.4) is 0 Å². The first-order valence-electron chi connectivity index (χ1n) is 4.51. The Morgan fingerprint density at radius 3 is 3.07 bits per heavy atom. The van der Waals surface area contributed by atoms with E-state index in [4.69, 9.17) is 0 Å². The summed E-state index contributed by atoms with van der Waals surface area (Å²) in [6.07, 6.45) is 1.76. The summed E-state index contributed by atoms with van der Waals surface area (Å²) in [6.45, 7) is 2.71. The largest absolute Gasteiger partial charge is 0.363 e. The van der Waals surface area contributed by atoms with E-state index in [1.54, 1.807) is 17.5 Å². The van der Waals surface area contributed by atoms with Crippen molar-refractivity contribution in [3.63, 3.8) is 0 Å². The van der Waals surface area contributed by atoms with E-state index >= 15 is 0 Å². The fraction of sp³-hybridized carbons (Fsp3) is 0.200. The Morgan fingerprint density at radius 2 is 2.40 bits per heavy atom. The minimum atomic E-state index is 0.708. The summed E-state index contributed by atoms with van der Waals surface area (Å²) in [6, 6.07) is 3.85. The normalized spacial score (nSPS) is 10.3. The molecule has 0 fully saturated rings. The van der Waals surface area contributed by atoms with E-state index in [9.17, 15) is 0 Å². The Labute approximate surface area is 101 Å². The molecule has 0 radical (unpaired) electrons. The van der Waals surface area contributed by atoms with Crippen LogP contribution in [0.15, 0.2) is 28.2 Å². The van der Waals surface area contributed by atoms with E-state index in [1.165, 1.54) is 0 Å². The molecule has 5 heteroatoms. The second kappa shape index (κ2) is 4.72. The molecule has 2 aromatic heterocycles. The van der Waals surface area contributed by atoms with Crippen molar-refractivity contribution < 1.29 is 0 Å². The lowest BCUT2D eigenvalue weighted by atomic mass is 10.4. The van der Waals surface area contributed by atoms with Gasteiger partial charge in [-0.25, -0.2) is 9.97 Å². The van der Waals surface area contributed by atoms with Gasteiger partial charge in [0.1, 0.15) is 5.82 Å². The van der Waals surface area contributed by atoms with Gasteiger partial charge in [0.25, 0.3) is 0 Å². The van der Waals surface area contributed by atoms with Crippen molar-refractivity contribution in [2.75, 3.05) is 5.32 Å². The highest BCUT2D eigenvalue weighted by molar-refractivity contribution is 9.10. The molecule has 15 heavy (non-hydrogen) atoms. The van der Waals surface area contributed by atoms with Crippen molar-refractivity contribution in [2.24, 2.45) is 0 Å². The number of nitrogens with zero attached hydrogens (tertiary/aromatic N) is 2. The van der Waals surface area contributed by atoms with E-state index in [-0.39, 0.29) is 0 Å². The highest BCUT2D eigenvalue weighted by Crippen LogP contribution is 2.19. The Bertz CT molecular complexity index is 455. The molecule has 2 aromatic rings. The Balaban J connectivity index is 2.02. The summed E-state index contributed by atoms with van der Waals surface area (Å²) in [5, 5.41) is 6.37. The monoisotopic (exact) mass is 283 g/mol. The smallest absolute Gasteiger partial charge is 0.140 e. The van der Waals surface area contributed by atoms with Gasteiger partial charge in [0.15, 0.2) is 0 Å². The zero-order valence-electron chi connectivity index (χ0n) is 8.20. The summed E-state index contributed by atoms with van der Waals surface area (Å²) in [4.78, 5) is 8.59. The fourth-order valence-electron chi connectivity index (χ4n) is 1.18. The average molecular weight is 284 g/mol. The first-order valence-corrected chi connectivity index (χ1v) is 6.18. The number of pyridine rings is 1. The van der Waals surface area contributed by atoms with Gasteiger partial charge in [-0.3, -0.25) is 0 Å². The molecular weight excluding hydrogens is 274 g/mol. The molecule has 0 atom stereocenters. The molecule has 0 aliphatic rings. The van der Waals surface area contributed by atoms with Crippen LogP contribution in [0.25, 0.3) is 0 Å². The van der Waals surface area contributed by atoms with E-state index in [2.05, 4.69) is 36.6 Å². The van der Waals surface area contributed by atoms with Crippen molar-refractivity contribution in [3.8, 4) is 0 Å². The number of anilines is 1. The summed E-state index contributed by atoms with van der Waals surface area (Å²) in [7, 11) is 0. The summed E-state index contributed by atoms with van der Waals surface area (Å²) in [5.74, 6) is 0.850. The molecule has 0 amide bonds. The van der Waals surface area contributed by atoms with Crippen molar-refractivity contribution in [2.45, 2.75) is 13.5 Å². The van der Waals surface area contributed by atoms with Crippen LogP contribution < -0.4 is 5.32 Å². The van der Waals surface area contributed by atoms with Crippen LogP contribution in [-0.2, 0) is 6.54 Å². The van der Waals surface area contributed by atoms with Gasteiger partial charge in [-0.05, 0) is 35.0 Å². The number of hydrogen-bond acceptors (Lipinski definition) is 4. The standard InChI is InChI=1S/C10H10BrN3S/c1-7-14-8(6-15-7)5-13-10-9(11)3-2-4-12-10/h2-4,6H,5H2,1H3,(H,12,13). The van der Waals surface area contributed by atoms with Crippen LogP contribution in [0, 0.1) is 6.92 Å². The lowest BCUT2D eigenvalue weighted by molar-refractivity contribution is 1.03. The summed E-state index contributed by atoms with van der Waals surface area (Å²) >= 11 is 5.09. The Hall–Kier alpha value is -0.940. The van der Waals surface area contributed by atoms with Crippen LogP contribution in [0.1, 0.15) is 10.7 Å². The molecule has 0 aromatic carbocycles. The minimum Gasteiger partial charge on any atom is -0.363 e.